The highest BCUT2D eigenvalue weighted by Crippen LogP contribution is 2.30. The Morgan fingerprint density at radius 3 is 2.78 bits per heavy atom. The van der Waals surface area contributed by atoms with Crippen LogP contribution in [0.3, 0.4) is 0 Å². The first kappa shape index (κ1) is 12.3. The Kier molecular flexibility index (Phi) is 3.75. The van der Waals surface area contributed by atoms with E-state index in [9.17, 15) is 5.26 Å². The molecule has 0 aliphatic carbocycles. The molecule has 4 nitrogen and oxygen atoms in total. The summed E-state index contributed by atoms with van der Waals surface area (Å²) in [5, 5.41) is 17.5. The molecular weight excluding hydrogens is 250 g/mol. The van der Waals surface area contributed by atoms with Crippen molar-refractivity contribution in [3.63, 3.8) is 0 Å². The van der Waals surface area contributed by atoms with Gasteiger partial charge in [-0.2, -0.15) is 15.5 Å². The van der Waals surface area contributed by atoms with E-state index < -0.39 is 5.92 Å². The Hall–Kier alpha value is -2.12. The van der Waals surface area contributed by atoms with Gasteiger partial charge in [0.1, 0.15) is 11.7 Å². The molecule has 1 atom stereocenters. The highest BCUT2D eigenvalue weighted by Gasteiger charge is 2.16. The molecule has 18 heavy (non-hydrogen) atoms. The van der Waals surface area contributed by atoms with Gasteiger partial charge in [-0.15, -0.1) is 0 Å². The van der Waals surface area contributed by atoms with Crippen LogP contribution in [0.1, 0.15) is 17.2 Å². The quantitative estimate of drug-likeness (QED) is 0.850. The number of hydrogen-bond acceptors (Lipinski definition) is 4. The number of aromatic nitrogens is 2. The second kappa shape index (κ2) is 5.48. The number of benzene rings is 1. The van der Waals surface area contributed by atoms with Gasteiger partial charge in [-0.3, -0.25) is 0 Å². The van der Waals surface area contributed by atoms with E-state index in [-0.39, 0.29) is 0 Å². The Morgan fingerprint density at radius 1 is 1.39 bits per heavy atom. The molecule has 2 rings (SSSR count). The first-order valence-electron chi connectivity index (χ1n) is 5.27. The second-order valence-corrected chi connectivity index (χ2v) is 4.01. The molecule has 1 aromatic carbocycles. The zero-order valence-corrected chi connectivity index (χ0v) is 10.4. The fraction of sp³-hybridized carbons (Fsp3) is 0.154. The molecular formula is C13H10ClN3O. The third-order valence-corrected chi connectivity index (χ3v) is 2.82. The number of nitriles is 1. The molecule has 90 valence electrons. The lowest BCUT2D eigenvalue weighted by Crippen LogP contribution is -2.02. The van der Waals surface area contributed by atoms with Gasteiger partial charge in [0.05, 0.1) is 23.9 Å². The summed E-state index contributed by atoms with van der Waals surface area (Å²) in [5.41, 5.74) is 1.37. The van der Waals surface area contributed by atoms with Gasteiger partial charge >= 0.3 is 0 Å². The van der Waals surface area contributed by atoms with Crippen molar-refractivity contribution in [1.82, 2.24) is 10.2 Å². The summed E-state index contributed by atoms with van der Waals surface area (Å²) in [6.07, 6.45) is 1.57. The predicted octanol–water partition coefficient (Wildman–Crippen LogP) is 2.79. The molecule has 0 aliphatic heterocycles. The van der Waals surface area contributed by atoms with E-state index in [0.29, 0.717) is 16.5 Å². The molecule has 1 unspecified atom stereocenters. The fourth-order valence-corrected chi connectivity index (χ4v) is 1.91. The van der Waals surface area contributed by atoms with Gasteiger partial charge in [-0.05, 0) is 29.8 Å². The number of hydrogen-bond donors (Lipinski definition) is 0. The van der Waals surface area contributed by atoms with Crippen LogP contribution in [0.2, 0.25) is 5.02 Å². The van der Waals surface area contributed by atoms with E-state index in [1.165, 1.54) is 0 Å². The average Bonchev–Trinajstić information content (AvgIpc) is 2.41. The van der Waals surface area contributed by atoms with E-state index in [1.807, 2.05) is 0 Å². The van der Waals surface area contributed by atoms with Gasteiger partial charge in [0.15, 0.2) is 0 Å². The zero-order valence-electron chi connectivity index (χ0n) is 9.67. The maximum absolute atomic E-state index is 9.26. The molecule has 2 aromatic rings. The molecule has 1 aromatic heterocycles. The minimum Gasteiger partial charge on any atom is -0.495 e. The molecule has 0 spiro atoms. The zero-order chi connectivity index (χ0) is 13.0. The maximum atomic E-state index is 9.26. The van der Waals surface area contributed by atoms with Crippen molar-refractivity contribution in [2.45, 2.75) is 5.92 Å². The van der Waals surface area contributed by atoms with Crippen molar-refractivity contribution in [2.75, 3.05) is 7.11 Å². The standard InChI is InChI=1S/C13H10ClN3O/c1-18-13-5-4-9(7-11(13)14)10(8-15)12-3-2-6-16-17-12/h2-7,10H,1H3. The Bertz CT molecular complexity index is 581. The number of methoxy groups -OCH3 is 1. The smallest absolute Gasteiger partial charge is 0.137 e. The first-order valence-corrected chi connectivity index (χ1v) is 5.64. The van der Waals surface area contributed by atoms with Gasteiger partial charge in [0.25, 0.3) is 0 Å². The minimum absolute atomic E-state index is 0.471. The van der Waals surface area contributed by atoms with Crippen molar-refractivity contribution in [2.24, 2.45) is 0 Å². The molecule has 0 saturated carbocycles. The largest absolute Gasteiger partial charge is 0.495 e. The van der Waals surface area contributed by atoms with E-state index in [2.05, 4.69) is 16.3 Å². The first-order chi connectivity index (χ1) is 8.76. The van der Waals surface area contributed by atoms with Crippen LogP contribution in [0.15, 0.2) is 36.5 Å². The van der Waals surface area contributed by atoms with Crippen LogP contribution in [-0.2, 0) is 0 Å². The molecule has 0 radical (unpaired) electrons. The highest BCUT2D eigenvalue weighted by molar-refractivity contribution is 6.32. The van der Waals surface area contributed by atoms with Crippen LogP contribution < -0.4 is 4.74 Å². The fourth-order valence-electron chi connectivity index (χ4n) is 1.64. The van der Waals surface area contributed by atoms with Gasteiger partial charge in [0, 0.05) is 6.20 Å². The van der Waals surface area contributed by atoms with Gasteiger partial charge in [-0.25, -0.2) is 0 Å². The Labute approximate surface area is 110 Å². The van der Waals surface area contributed by atoms with Crippen molar-refractivity contribution in [3.8, 4) is 11.8 Å². The van der Waals surface area contributed by atoms with E-state index >= 15 is 0 Å². The van der Waals surface area contributed by atoms with Crippen LogP contribution in [0.4, 0.5) is 0 Å². The van der Waals surface area contributed by atoms with Crippen LogP contribution in [0.25, 0.3) is 0 Å². The summed E-state index contributed by atoms with van der Waals surface area (Å²) >= 11 is 6.05. The number of rotatable bonds is 3. The average molecular weight is 260 g/mol. The molecule has 0 amide bonds. The summed E-state index contributed by atoms with van der Waals surface area (Å²) in [4.78, 5) is 0. The van der Waals surface area contributed by atoms with Gasteiger partial charge in [0.2, 0.25) is 0 Å². The van der Waals surface area contributed by atoms with E-state index in [4.69, 9.17) is 16.3 Å². The van der Waals surface area contributed by atoms with Crippen LogP contribution in [0, 0.1) is 11.3 Å². The van der Waals surface area contributed by atoms with Crippen molar-refractivity contribution in [1.29, 1.82) is 5.26 Å². The number of nitrogens with zero attached hydrogens (tertiary/aromatic N) is 3. The molecule has 0 fully saturated rings. The topological polar surface area (TPSA) is 58.8 Å². The third-order valence-electron chi connectivity index (χ3n) is 2.53. The summed E-state index contributed by atoms with van der Waals surface area (Å²) in [7, 11) is 1.55. The number of halogens is 1. The van der Waals surface area contributed by atoms with Crippen LogP contribution >= 0.6 is 11.6 Å². The Morgan fingerprint density at radius 2 is 2.22 bits per heavy atom. The monoisotopic (exact) mass is 259 g/mol. The minimum atomic E-state index is -0.484. The van der Waals surface area contributed by atoms with E-state index in [0.717, 1.165) is 5.56 Å². The second-order valence-electron chi connectivity index (χ2n) is 3.60. The highest BCUT2D eigenvalue weighted by atomic mass is 35.5. The SMILES string of the molecule is COc1ccc(C(C#N)c2cccnn2)cc1Cl. The van der Waals surface area contributed by atoms with Crippen molar-refractivity contribution in [3.05, 3.63) is 52.8 Å². The molecule has 0 aliphatic rings. The third kappa shape index (κ3) is 2.41. The molecule has 0 N–H and O–H groups in total. The van der Waals surface area contributed by atoms with Crippen LogP contribution in [-0.4, -0.2) is 17.3 Å². The normalized spacial score (nSPS) is 11.6. The van der Waals surface area contributed by atoms with E-state index in [1.54, 1.807) is 43.6 Å². The summed E-state index contributed by atoms with van der Waals surface area (Å²) in [6.45, 7) is 0. The lowest BCUT2D eigenvalue weighted by atomic mass is 9.97. The van der Waals surface area contributed by atoms with Crippen LogP contribution in [0.5, 0.6) is 5.75 Å². The summed E-state index contributed by atoms with van der Waals surface area (Å²) in [5.74, 6) is 0.0957. The lowest BCUT2D eigenvalue weighted by molar-refractivity contribution is 0.415. The number of ether oxygens (including phenoxy) is 1. The van der Waals surface area contributed by atoms with Gasteiger partial charge < -0.3 is 4.74 Å². The molecule has 0 saturated heterocycles. The van der Waals surface area contributed by atoms with Crippen molar-refractivity contribution >= 4 is 11.6 Å². The molecule has 0 bridgehead atoms. The summed E-state index contributed by atoms with van der Waals surface area (Å²) < 4.78 is 5.08. The van der Waals surface area contributed by atoms with Gasteiger partial charge in [-0.1, -0.05) is 17.7 Å². The predicted molar refractivity (Wildman–Crippen MR) is 67.5 cm³/mol. The molecule has 1 heterocycles. The summed E-state index contributed by atoms with van der Waals surface area (Å²) in [6, 6.07) is 11.0. The Balaban J connectivity index is 2.41. The lowest BCUT2D eigenvalue weighted by Gasteiger charge is -2.10. The van der Waals surface area contributed by atoms with Crippen molar-refractivity contribution < 1.29 is 4.74 Å². The maximum Gasteiger partial charge on any atom is 0.137 e. The molecule has 5 heteroatoms.